The summed E-state index contributed by atoms with van der Waals surface area (Å²) in [6.45, 7) is 2.71. The van der Waals surface area contributed by atoms with Crippen molar-refractivity contribution in [1.29, 1.82) is 0 Å². The van der Waals surface area contributed by atoms with Crippen molar-refractivity contribution < 1.29 is 24.5 Å². The number of nitrogens with zero attached hydrogens (tertiary/aromatic N) is 1. The lowest BCUT2D eigenvalue weighted by Crippen LogP contribution is -2.26. The zero-order valence-corrected chi connectivity index (χ0v) is 15.2. The van der Waals surface area contributed by atoms with Gasteiger partial charge in [0.2, 0.25) is 0 Å². The van der Waals surface area contributed by atoms with Gasteiger partial charge >= 0.3 is 11.9 Å². The maximum atomic E-state index is 12.5. The third-order valence-corrected chi connectivity index (χ3v) is 4.43. The van der Waals surface area contributed by atoms with Gasteiger partial charge in [-0.2, -0.15) is 0 Å². The summed E-state index contributed by atoms with van der Waals surface area (Å²) in [5, 5.41) is 19.2. The summed E-state index contributed by atoms with van der Waals surface area (Å²) in [5.41, 5.74) is 0.935. The summed E-state index contributed by atoms with van der Waals surface area (Å²) >= 11 is 3.02. The summed E-state index contributed by atoms with van der Waals surface area (Å²) < 4.78 is 6.14. The number of esters is 1. The summed E-state index contributed by atoms with van der Waals surface area (Å²) in [6.07, 6.45) is 0. The minimum Gasteiger partial charge on any atom is -0.506 e. The number of rotatable bonds is 5. The van der Waals surface area contributed by atoms with Crippen LogP contribution in [-0.4, -0.2) is 26.7 Å². The third kappa shape index (κ3) is 4.08. The van der Waals surface area contributed by atoms with Crippen LogP contribution in [0.5, 0.6) is 5.75 Å². The van der Waals surface area contributed by atoms with E-state index in [4.69, 9.17) is 4.74 Å². The average molecular weight is 410 g/mol. The molecule has 0 amide bonds. The van der Waals surface area contributed by atoms with Crippen molar-refractivity contribution in [3.05, 3.63) is 61.5 Å². The Hall–Kier alpha value is -2.61. The molecule has 8 heteroatoms. The fourth-order valence-electron chi connectivity index (χ4n) is 2.40. The van der Waals surface area contributed by atoms with Gasteiger partial charge in [0.05, 0.1) is 17.8 Å². The van der Waals surface area contributed by atoms with Crippen molar-refractivity contribution in [2.24, 2.45) is 0 Å². The number of carboxylic acids is 1. The molecule has 0 saturated carbocycles. The van der Waals surface area contributed by atoms with Crippen LogP contribution in [0.3, 0.4) is 0 Å². The normalized spacial score (nSPS) is 10.5. The van der Waals surface area contributed by atoms with Crippen LogP contribution in [0.1, 0.15) is 34.1 Å². The number of hydrogen-bond donors (Lipinski definition) is 2. The molecule has 0 radical (unpaired) electrons. The molecule has 132 valence electrons. The number of hydrogen-bond acceptors (Lipinski definition) is 5. The number of aromatic nitrogens is 1. The van der Waals surface area contributed by atoms with E-state index in [1.54, 1.807) is 19.1 Å². The largest absolute Gasteiger partial charge is 0.506 e. The Balaban J connectivity index is 2.60. The second kappa shape index (κ2) is 7.52. The van der Waals surface area contributed by atoms with Crippen LogP contribution in [0.15, 0.2) is 33.5 Å². The van der Waals surface area contributed by atoms with Crippen LogP contribution in [0, 0.1) is 6.92 Å². The molecule has 1 aromatic carbocycles. The second-order valence-electron chi connectivity index (χ2n) is 5.41. The van der Waals surface area contributed by atoms with Gasteiger partial charge in [0.1, 0.15) is 16.8 Å². The zero-order valence-electron chi connectivity index (χ0n) is 13.6. The number of aryl methyl sites for hydroxylation is 1. The van der Waals surface area contributed by atoms with Gasteiger partial charge in [-0.05, 0) is 40.0 Å². The number of aromatic hydroxyl groups is 1. The van der Waals surface area contributed by atoms with Crippen LogP contribution in [0.2, 0.25) is 0 Å². The molecule has 25 heavy (non-hydrogen) atoms. The number of halogens is 1. The van der Waals surface area contributed by atoms with E-state index in [1.165, 1.54) is 23.6 Å². The summed E-state index contributed by atoms with van der Waals surface area (Å²) in [4.78, 5) is 35.0. The lowest BCUT2D eigenvalue weighted by Gasteiger charge is -2.17. The van der Waals surface area contributed by atoms with Crippen LogP contribution in [0.25, 0.3) is 0 Å². The van der Waals surface area contributed by atoms with Crippen molar-refractivity contribution in [1.82, 2.24) is 4.57 Å². The van der Waals surface area contributed by atoms with Gasteiger partial charge < -0.3 is 19.5 Å². The Kier molecular flexibility index (Phi) is 5.63. The molecule has 0 fully saturated rings. The maximum Gasteiger partial charge on any atom is 0.336 e. The van der Waals surface area contributed by atoms with Crippen molar-refractivity contribution >= 4 is 27.9 Å². The highest BCUT2D eigenvalue weighted by atomic mass is 79.9. The summed E-state index contributed by atoms with van der Waals surface area (Å²) in [7, 11) is 0. The zero-order chi connectivity index (χ0) is 18.7. The van der Waals surface area contributed by atoms with Crippen molar-refractivity contribution in [3.63, 3.8) is 0 Å². The lowest BCUT2D eigenvalue weighted by molar-refractivity contribution is -0.142. The predicted octanol–water partition coefficient (Wildman–Crippen LogP) is 2.43. The van der Waals surface area contributed by atoms with E-state index in [1.807, 2.05) is 0 Å². The number of carbonyl (C=O) groups is 2. The summed E-state index contributed by atoms with van der Waals surface area (Å²) in [6, 6.07) is 6.12. The van der Waals surface area contributed by atoms with E-state index < -0.39 is 17.5 Å². The summed E-state index contributed by atoms with van der Waals surface area (Å²) in [5.74, 6) is -1.93. The van der Waals surface area contributed by atoms with Crippen LogP contribution in [0.4, 0.5) is 0 Å². The van der Waals surface area contributed by atoms with Gasteiger partial charge in [0.15, 0.2) is 0 Å². The topological polar surface area (TPSA) is 106 Å². The van der Waals surface area contributed by atoms with Gasteiger partial charge in [0.25, 0.3) is 5.56 Å². The molecule has 0 bridgehead atoms. The quantitative estimate of drug-likeness (QED) is 0.734. The fourth-order valence-corrected chi connectivity index (χ4v) is 2.73. The fraction of sp³-hybridized carbons (Fsp3) is 0.235. The molecule has 1 aromatic heterocycles. The molecule has 1 heterocycles. The number of carboxylic acid groups (broad SMARTS) is 1. The first-order chi connectivity index (χ1) is 11.7. The molecule has 0 spiro atoms. The van der Waals surface area contributed by atoms with Crippen LogP contribution < -0.4 is 5.56 Å². The smallest absolute Gasteiger partial charge is 0.336 e. The predicted molar refractivity (Wildman–Crippen MR) is 92.8 cm³/mol. The van der Waals surface area contributed by atoms with Crippen LogP contribution in [-0.2, 0) is 22.7 Å². The number of aromatic carboxylic acids is 1. The van der Waals surface area contributed by atoms with Crippen molar-refractivity contribution in [2.45, 2.75) is 27.0 Å². The Morgan fingerprint density at radius 1 is 1.32 bits per heavy atom. The van der Waals surface area contributed by atoms with Gasteiger partial charge in [-0.3, -0.25) is 9.59 Å². The van der Waals surface area contributed by atoms with Crippen LogP contribution >= 0.6 is 15.9 Å². The van der Waals surface area contributed by atoms with E-state index in [0.29, 0.717) is 11.1 Å². The highest BCUT2D eigenvalue weighted by Crippen LogP contribution is 2.23. The Bertz CT molecular complexity index is 903. The minimum atomic E-state index is -1.11. The SMILES string of the molecule is CC(=O)OCc1cc(O)c(Br)c(=O)n1Cc1c(C)cccc1C(=O)O. The maximum absolute atomic E-state index is 12.5. The first-order valence-electron chi connectivity index (χ1n) is 7.28. The number of carbonyl (C=O) groups excluding carboxylic acids is 1. The molecule has 0 unspecified atom stereocenters. The lowest BCUT2D eigenvalue weighted by atomic mass is 10.0. The van der Waals surface area contributed by atoms with E-state index in [2.05, 4.69) is 15.9 Å². The monoisotopic (exact) mass is 409 g/mol. The highest BCUT2D eigenvalue weighted by molar-refractivity contribution is 9.10. The molecular formula is C17H16BrNO6. The first-order valence-corrected chi connectivity index (χ1v) is 8.08. The van der Waals surface area contributed by atoms with Gasteiger partial charge in [-0.15, -0.1) is 0 Å². The Morgan fingerprint density at radius 3 is 2.60 bits per heavy atom. The molecule has 2 aromatic rings. The minimum absolute atomic E-state index is 0.0391. The van der Waals surface area contributed by atoms with E-state index in [0.717, 1.165) is 0 Å². The van der Waals surface area contributed by atoms with E-state index in [9.17, 15) is 24.6 Å². The first kappa shape index (κ1) is 18.7. The van der Waals surface area contributed by atoms with Crippen molar-refractivity contribution in [3.8, 4) is 5.75 Å². The molecule has 2 N–H and O–H groups in total. The van der Waals surface area contributed by atoms with Gasteiger partial charge in [-0.25, -0.2) is 4.79 Å². The molecular weight excluding hydrogens is 394 g/mol. The Labute approximate surface area is 151 Å². The van der Waals surface area contributed by atoms with Crippen molar-refractivity contribution in [2.75, 3.05) is 0 Å². The molecule has 0 saturated heterocycles. The number of ether oxygens (including phenoxy) is 1. The Morgan fingerprint density at radius 2 is 2.00 bits per heavy atom. The van der Waals surface area contributed by atoms with E-state index >= 15 is 0 Å². The molecule has 0 aliphatic rings. The number of pyridine rings is 1. The molecule has 7 nitrogen and oxygen atoms in total. The van der Waals surface area contributed by atoms with Gasteiger partial charge in [-0.1, -0.05) is 12.1 Å². The standard InChI is InChI=1S/C17H16BrNO6/c1-9-4-3-5-12(17(23)24)13(9)7-19-11(8-25-10(2)20)6-14(21)15(18)16(19)22/h3-6,21H,7-8H2,1-2H3,(H,23,24). The second-order valence-corrected chi connectivity index (χ2v) is 6.21. The van der Waals surface area contributed by atoms with Gasteiger partial charge in [0, 0.05) is 13.0 Å². The van der Waals surface area contributed by atoms with E-state index in [-0.39, 0.29) is 34.6 Å². The molecule has 0 aliphatic heterocycles. The molecule has 0 atom stereocenters. The highest BCUT2D eigenvalue weighted by Gasteiger charge is 2.18. The number of benzene rings is 1. The third-order valence-electron chi connectivity index (χ3n) is 3.69. The molecule has 0 aliphatic carbocycles. The molecule has 2 rings (SSSR count). The average Bonchev–Trinajstić information content (AvgIpc) is 2.54.